The second-order valence-corrected chi connectivity index (χ2v) is 6.35. The van der Waals surface area contributed by atoms with E-state index in [0.29, 0.717) is 25.1 Å². The largest absolute Gasteiger partial charge is 0.573 e. The van der Waals surface area contributed by atoms with Crippen molar-refractivity contribution in [3.8, 4) is 5.75 Å². The molecule has 1 heterocycles. The quantitative estimate of drug-likeness (QED) is 0.735. The molecular weight excluding hydrogens is 394 g/mol. The summed E-state index contributed by atoms with van der Waals surface area (Å²) in [6.07, 6.45) is -3.74. The van der Waals surface area contributed by atoms with Gasteiger partial charge < -0.3 is 20.3 Å². The van der Waals surface area contributed by atoms with E-state index in [9.17, 15) is 27.2 Å². The summed E-state index contributed by atoms with van der Waals surface area (Å²) in [5, 5.41) is 5.19. The molecule has 1 saturated heterocycles. The highest BCUT2D eigenvalue weighted by Gasteiger charge is 2.34. The molecular formula is C19H17F4N3O3. The lowest BCUT2D eigenvalue weighted by molar-refractivity contribution is -0.274. The van der Waals surface area contributed by atoms with E-state index in [1.165, 1.54) is 41.3 Å². The van der Waals surface area contributed by atoms with E-state index in [1.807, 2.05) is 0 Å². The Morgan fingerprint density at radius 2 is 1.55 bits per heavy atom. The summed E-state index contributed by atoms with van der Waals surface area (Å²) in [5.74, 6) is -1.30. The second kappa shape index (κ2) is 8.38. The summed E-state index contributed by atoms with van der Waals surface area (Å²) >= 11 is 0. The molecule has 29 heavy (non-hydrogen) atoms. The molecule has 0 unspecified atom stereocenters. The molecule has 1 aliphatic rings. The van der Waals surface area contributed by atoms with Crippen LogP contribution in [0.2, 0.25) is 0 Å². The fourth-order valence-corrected chi connectivity index (χ4v) is 2.98. The van der Waals surface area contributed by atoms with Crippen LogP contribution < -0.4 is 15.4 Å². The van der Waals surface area contributed by atoms with E-state index in [4.69, 9.17) is 0 Å². The first-order valence-corrected chi connectivity index (χ1v) is 8.71. The maximum atomic E-state index is 13.0. The van der Waals surface area contributed by atoms with E-state index >= 15 is 0 Å². The van der Waals surface area contributed by atoms with Crippen LogP contribution in [0.5, 0.6) is 5.75 Å². The van der Waals surface area contributed by atoms with Gasteiger partial charge in [-0.1, -0.05) is 0 Å². The summed E-state index contributed by atoms with van der Waals surface area (Å²) in [6.45, 7) is 0.365. The van der Waals surface area contributed by atoms with Crippen LogP contribution in [0.4, 0.5) is 33.7 Å². The molecule has 3 rings (SSSR count). The Labute approximate surface area is 163 Å². The highest BCUT2D eigenvalue weighted by Crippen LogP contribution is 2.25. The van der Waals surface area contributed by atoms with Crippen LogP contribution in [-0.4, -0.2) is 35.8 Å². The molecule has 10 heteroatoms. The first-order valence-electron chi connectivity index (χ1n) is 8.71. The number of amides is 3. The van der Waals surface area contributed by atoms with Crippen LogP contribution in [0.15, 0.2) is 48.5 Å². The highest BCUT2D eigenvalue weighted by molar-refractivity contribution is 5.99. The van der Waals surface area contributed by atoms with Crippen LogP contribution >= 0.6 is 0 Å². The first-order chi connectivity index (χ1) is 13.7. The van der Waals surface area contributed by atoms with Crippen molar-refractivity contribution < 1.29 is 31.9 Å². The highest BCUT2D eigenvalue weighted by atomic mass is 19.4. The van der Waals surface area contributed by atoms with Crippen molar-refractivity contribution in [2.24, 2.45) is 0 Å². The molecule has 0 radical (unpaired) electrons. The topological polar surface area (TPSA) is 70.7 Å². The Balaban J connectivity index is 1.60. The first kappa shape index (κ1) is 20.4. The molecule has 1 fully saturated rings. The number of rotatable bonds is 4. The van der Waals surface area contributed by atoms with E-state index in [-0.39, 0.29) is 5.69 Å². The minimum absolute atomic E-state index is 0.273. The molecule has 2 aromatic rings. The monoisotopic (exact) mass is 411 g/mol. The Hall–Kier alpha value is -3.30. The van der Waals surface area contributed by atoms with Gasteiger partial charge in [-0.15, -0.1) is 13.2 Å². The van der Waals surface area contributed by atoms with Gasteiger partial charge in [-0.25, -0.2) is 9.18 Å². The van der Waals surface area contributed by atoms with Gasteiger partial charge in [0.05, 0.1) is 0 Å². The molecule has 6 nitrogen and oxygen atoms in total. The number of ether oxygens (including phenoxy) is 1. The van der Waals surface area contributed by atoms with Crippen molar-refractivity contribution >= 4 is 23.3 Å². The Morgan fingerprint density at radius 3 is 2.17 bits per heavy atom. The number of nitrogens with zero attached hydrogens (tertiary/aromatic N) is 1. The normalized spacial score (nSPS) is 16.4. The van der Waals surface area contributed by atoms with Crippen LogP contribution in [0.25, 0.3) is 0 Å². The fraction of sp³-hybridized carbons (Fsp3) is 0.263. The molecule has 0 saturated carbocycles. The van der Waals surface area contributed by atoms with Crippen LogP contribution in [0.3, 0.4) is 0 Å². The maximum Gasteiger partial charge on any atom is 0.573 e. The lowest BCUT2D eigenvalue weighted by Gasteiger charge is -2.24. The minimum atomic E-state index is -4.80. The van der Waals surface area contributed by atoms with E-state index in [2.05, 4.69) is 15.4 Å². The van der Waals surface area contributed by atoms with Crippen molar-refractivity contribution in [3.05, 3.63) is 54.3 Å². The number of likely N-dealkylation sites (tertiary alicyclic amines) is 1. The summed E-state index contributed by atoms with van der Waals surface area (Å²) in [5.41, 5.74) is 0.665. The summed E-state index contributed by atoms with van der Waals surface area (Å²) in [7, 11) is 0. The zero-order chi connectivity index (χ0) is 21.0. The third-order valence-corrected chi connectivity index (χ3v) is 4.27. The zero-order valence-corrected chi connectivity index (χ0v) is 15.0. The molecule has 3 amide bonds. The third kappa shape index (κ3) is 5.59. The summed E-state index contributed by atoms with van der Waals surface area (Å²) in [6, 6.07) is 8.70. The Kier molecular flexibility index (Phi) is 5.90. The average Bonchev–Trinajstić information content (AvgIpc) is 3.14. The van der Waals surface area contributed by atoms with Gasteiger partial charge >= 0.3 is 12.4 Å². The maximum absolute atomic E-state index is 13.0. The minimum Gasteiger partial charge on any atom is -0.406 e. The SMILES string of the molecule is O=C(Nc1ccc(OC(F)(F)F)cc1)[C@@H]1CCCN1C(=O)Nc1ccc(F)cc1. The smallest absolute Gasteiger partial charge is 0.406 e. The number of halogens is 4. The van der Waals surface area contributed by atoms with Crippen molar-refractivity contribution in [1.29, 1.82) is 0 Å². The number of carbonyl (C=O) groups is 2. The standard InChI is InChI=1S/C19H17F4N3O3/c20-12-3-5-14(6-4-12)25-18(28)26-11-1-2-16(26)17(27)24-13-7-9-15(10-8-13)29-19(21,22)23/h3-10,16H,1-2,11H2,(H,24,27)(H,25,28)/t16-/m0/s1. The van der Waals surface area contributed by atoms with Gasteiger partial charge in [0.2, 0.25) is 5.91 Å². The molecule has 0 aliphatic carbocycles. The molecule has 0 bridgehead atoms. The van der Waals surface area contributed by atoms with Crippen molar-refractivity contribution in [2.75, 3.05) is 17.2 Å². The second-order valence-electron chi connectivity index (χ2n) is 6.35. The number of benzene rings is 2. The lowest BCUT2D eigenvalue weighted by atomic mass is 10.2. The molecule has 154 valence electrons. The van der Waals surface area contributed by atoms with Gasteiger partial charge in [0.1, 0.15) is 17.6 Å². The number of hydrogen-bond donors (Lipinski definition) is 2. The molecule has 0 spiro atoms. The summed E-state index contributed by atoms with van der Waals surface area (Å²) in [4.78, 5) is 26.4. The van der Waals surface area contributed by atoms with Gasteiger partial charge in [0.25, 0.3) is 0 Å². The molecule has 2 aromatic carbocycles. The van der Waals surface area contributed by atoms with Crippen LogP contribution in [0, 0.1) is 5.82 Å². The van der Waals surface area contributed by atoms with Crippen molar-refractivity contribution in [1.82, 2.24) is 4.90 Å². The summed E-state index contributed by atoms with van der Waals surface area (Å²) < 4.78 is 53.3. The molecule has 1 atom stereocenters. The molecule has 1 aliphatic heterocycles. The van der Waals surface area contributed by atoms with Gasteiger partial charge in [0, 0.05) is 17.9 Å². The van der Waals surface area contributed by atoms with Crippen LogP contribution in [0.1, 0.15) is 12.8 Å². The van der Waals surface area contributed by atoms with E-state index in [0.717, 1.165) is 12.1 Å². The predicted molar refractivity (Wildman–Crippen MR) is 96.9 cm³/mol. The van der Waals surface area contributed by atoms with Crippen LogP contribution in [-0.2, 0) is 4.79 Å². The number of anilines is 2. The van der Waals surface area contributed by atoms with Gasteiger partial charge in [-0.3, -0.25) is 4.79 Å². The number of nitrogens with one attached hydrogen (secondary N) is 2. The number of urea groups is 1. The molecule has 2 N–H and O–H groups in total. The number of hydrogen-bond acceptors (Lipinski definition) is 3. The average molecular weight is 411 g/mol. The van der Waals surface area contributed by atoms with E-state index in [1.54, 1.807) is 0 Å². The third-order valence-electron chi connectivity index (χ3n) is 4.27. The van der Waals surface area contributed by atoms with Crippen molar-refractivity contribution in [2.45, 2.75) is 25.2 Å². The van der Waals surface area contributed by atoms with Gasteiger partial charge in [0.15, 0.2) is 0 Å². The number of carbonyl (C=O) groups excluding carboxylic acids is 2. The van der Waals surface area contributed by atoms with Gasteiger partial charge in [-0.2, -0.15) is 0 Å². The zero-order valence-electron chi connectivity index (χ0n) is 15.0. The fourth-order valence-electron chi connectivity index (χ4n) is 2.98. The van der Waals surface area contributed by atoms with Crippen molar-refractivity contribution in [3.63, 3.8) is 0 Å². The molecule has 0 aromatic heterocycles. The number of alkyl halides is 3. The Bertz CT molecular complexity index is 870. The van der Waals surface area contributed by atoms with E-state index < -0.39 is 35.9 Å². The Morgan fingerprint density at radius 1 is 0.966 bits per heavy atom. The predicted octanol–water partition coefficient (Wildman–Crippen LogP) is 4.36. The lowest BCUT2D eigenvalue weighted by Crippen LogP contribution is -2.45. The van der Waals surface area contributed by atoms with Gasteiger partial charge in [-0.05, 0) is 61.4 Å².